The molecule has 4 aromatic rings. The zero-order chi connectivity index (χ0) is 17.8. The maximum absolute atomic E-state index is 12.1. The number of nitrogens with one attached hydrogen (secondary N) is 1. The van der Waals surface area contributed by atoms with Crippen LogP contribution in [0.4, 0.5) is 0 Å². The highest BCUT2D eigenvalue weighted by Crippen LogP contribution is 2.15. The fourth-order valence-corrected chi connectivity index (χ4v) is 3.31. The maximum Gasteiger partial charge on any atom is 0.221 e. The Hall–Kier alpha value is -3.08. The van der Waals surface area contributed by atoms with Gasteiger partial charge in [-0.15, -0.1) is 0 Å². The third kappa shape index (κ3) is 3.47. The SMILES string of the molecule is O=C(CCn1cnc2ccccc21)NCCCn1ccc2ccccc21. The van der Waals surface area contributed by atoms with Crippen molar-refractivity contribution in [2.45, 2.75) is 25.9 Å². The average Bonchev–Trinajstić information content (AvgIpc) is 3.28. The topological polar surface area (TPSA) is 51.9 Å². The fourth-order valence-electron chi connectivity index (χ4n) is 3.31. The highest BCUT2D eigenvalue weighted by molar-refractivity contribution is 5.80. The molecule has 5 heteroatoms. The van der Waals surface area contributed by atoms with E-state index in [1.807, 2.05) is 28.8 Å². The molecule has 132 valence electrons. The number of fused-ring (bicyclic) bond motifs is 2. The van der Waals surface area contributed by atoms with Gasteiger partial charge in [0.2, 0.25) is 5.91 Å². The second-order valence-electron chi connectivity index (χ2n) is 6.45. The van der Waals surface area contributed by atoms with Crippen LogP contribution in [0.15, 0.2) is 67.1 Å². The van der Waals surface area contributed by atoms with Gasteiger partial charge in [0.25, 0.3) is 0 Å². The Kier molecular flexibility index (Phi) is 4.69. The summed E-state index contributed by atoms with van der Waals surface area (Å²) in [6, 6.07) is 18.5. The Morgan fingerprint density at radius 3 is 2.65 bits per heavy atom. The third-order valence-electron chi connectivity index (χ3n) is 4.69. The van der Waals surface area contributed by atoms with Crippen LogP contribution in [-0.2, 0) is 17.9 Å². The zero-order valence-corrected chi connectivity index (χ0v) is 14.6. The Morgan fingerprint density at radius 1 is 0.923 bits per heavy atom. The lowest BCUT2D eigenvalue weighted by atomic mass is 10.2. The predicted octanol–water partition coefficient (Wildman–Crippen LogP) is 3.59. The van der Waals surface area contributed by atoms with Gasteiger partial charge in [-0.3, -0.25) is 4.79 Å². The van der Waals surface area contributed by atoms with Crippen LogP contribution < -0.4 is 5.32 Å². The second kappa shape index (κ2) is 7.44. The summed E-state index contributed by atoms with van der Waals surface area (Å²) in [6.45, 7) is 2.24. The van der Waals surface area contributed by atoms with Gasteiger partial charge in [0.1, 0.15) is 0 Å². The van der Waals surface area contributed by atoms with Gasteiger partial charge in [-0.05, 0) is 36.1 Å². The molecule has 2 aromatic heterocycles. The molecule has 0 aliphatic heterocycles. The van der Waals surface area contributed by atoms with E-state index < -0.39 is 0 Å². The molecule has 26 heavy (non-hydrogen) atoms. The van der Waals surface area contributed by atoms with E-state index in [0.29, 0.717) is 19.5 Å². The first-order chi connectivity index (χ1) is 12.8. The minimum absolute atomic E-state index is 0.0835. The van der Waals surface area contributed by atoms with Gasteiger partial charge < -0.3 is 14.5 Å². The molecule has 4 rings (SSSR count). The standard InChI is InChI=1S/C21H22N4O/c26-21(11-15-25-16-23-18-7-2-4-9-20(18)25)22-12-5-13-24-14-10-17-6-1-3-8-19(17)24/h1-4,6-10,14,16H,5,11-13,15H2,(H,22,26). The number of rotatable bonds is 7. The van der Waals surface area contributed by atoms with Crippen LogP contribution in [0, 0.1) is 0 Å². The molecule has 2 aromatic carbocycles. The molecule has 1 amide bonds. The number of aryl methyl sites for hydroxylation is 2. The lowest BCUT2D eigenvalue weighted by molar-refractivity contribution is -0.121. The molecule has 1 N–H and O–H groups in total. The van der Waals surface area contributed by atoms with Gasteiger partial charge in [0.05, 0.1) is 17.4 Å². The van der Waals surface area contributed by atoms with Crippen LogP contribution in [0.5, 0.6) is 0 Å². The highest BCUT2D eigenvalue weighted by atomic mass is 16.1. The first-order valence-electron chi connectivity index (χ1n) is 9.02. The quantitative estimate of drug-likeness (QED) is 0.520. The third-order valence-corrected chi connectivity index (χ3v) is 4.69. The van der Waals surface area contributed by atoms with Crippen LogP contribution in [0.2, 0.25) is 0 Å². The molecule has 0 fully saturated rings. The maximum atomic E-state index is 12.1. The van der Waals surface area contributed by atoms with E-state index in [0.717, 1.165) is 24.0 Å². The van der Waals surface area contributed by atoms with Gasteiger partial charge >= 0.3 is 0 Å². The summed E-state index contributed by atoms with van der Waals surface area (Å²) in [4.78, 5) is 16.5. The number of hydrogen-bond acceptors (Lipinski definition) is 2. The van der Waals surface area contributed by atoms with E-state index in [1.54, 1.807) is 6.33 Å². The van der Waals surface area contributed by atoms with E-state index in [2.05, 4.69) is 51.4 Å². The minimum Gasteiger partial charge on any atom is -0.356 e. The van der Waals surface area contributed by atoms with Crippen molar-refractivity contribution in [2.75, 3.05) is 6.54 Å². The molecule has 0 aliphatic rings. The van der Waals surface area contributed by atoms with Crippen molar-refractivity contribution in [3.63, 3.8) is 0 Å². The van der Waals surface area contributed by atoms with E-state index in [1.165, 1.54) is 10.9 Å². The largest absolute Gasteiger partial charge is 0.356 e. The summed E-state index contributed by atoms with van der Waals surface area (Å²) < 4.78 is 4.26. The van der Waals surface area contributed by atoms with Gasteiger partial charge in [-0.25, -0.2) is 4.98 Å². The lowest BCUT2D eigenvalue weighted by Gasteiger charge is -2.08. The number of carbonyl (C=O) groups is 1. The lowest BCUT2D eigenvalue weighted by Crippen LogP contribution is -2.26. The summed E-state index contributed by atoms with van der Waals surface area (Å²) in [6.07, 6.45) is 5.29. The van der Waals surface area contributed by atoms with Crippen molar-refractivity contribution in [1.29, 1.82) is 0 Å². The van der Waals surface area contributed by atoms with Crippen molar-refractivity contribution in [3.05, 3.63) is 67.1 Å². The van der Waals surface area contributed by atoms with E-state index in [9.17, 15) is 4.79 Å². The summed E-state index contributed by atoms with van der Waals surface area (Å²) in [5, 5.41) is 4.27. The van der Waals surface area contributed by atoms with Crippen LogP contribution in [0.1, 0.15) is 12.8 Å². The van der Waals surface area contributed by atoms with Crippen molar-refractivity contribution in [3.8, 4) is 0 Å². The molecule has 0 bridgehead atoms. The second-order valence-corrected chi connectivity index (χ2v) is 6.45. The molecular weight excluding hydrogens is 324 g/mol. The Bertz CT molecular complexity index is 1030. The number of amides is 1. The zero-order valence-electron chi connectivity index (χ0n) is 14.6. The molecule has 0 saturated carbocycles. The molecule has 0 radical (unpaired) electrons. The van der Waals surface area contributed by atoms with Gasteiger partial charge in [0, 0.05) is 37.8 Å². The molecule has 0 saturated heterocycles. The van der Waals surface area contributed by atoms with E-state index >= 15 is 0 Å². The molecule has 0 atom stereocenters. The number of para-hydroxylation sites is 3. The van der Waals surface area contributed by atoms with Crippen molar-refractivity contribution in [1.82, 2.24) is 19.4 Å². The number of imidazole rings is 1. The number of nitrogens with zero attached hydrogens (tertiary/aromatic N) is 3. The Balaban J connectivity index is 1.23. The van der Waals surface area contributed by atoms with E-state index in [4.69, 9.17) is 0 Å². The smallest absolute Gasteiger partial charge is 0.221 e. The van der Waals surface area contributed by atoms with Crippen molar-refractivity contribution < 1.29 is 4.79 Å². The van der Waals surface area contributed by atoms with Gasteiger partial charge in [-0.2, -0.15) is 0 Å². The monoisotopic (exact) mass is 346 g/mol. The molecular formula is C21H22N4O. The fraction of sp³-hybridized carbons (Fsp3) is 0.238. The molecule has 0 aliphatic carbocycles. The summed E-state index contributed by atoms with van der Waals surface area (Å²) in [5.41, 5.74) is 3.28. The van der Waals surface area contributed by atoms with Crippen LogP contribution in [-0.4, -0.2) is 26.6 Å². The first-order valence-corrected chi connectivity index (χ1v) is 9.02. The summed E-state index contributed by atoms with van der Waals surface area (Å²) in [7, 11) is 0. The number of carbonyl (C=O) groups excluding carboxylic acids is 1. The van der Waals surface area contributed by atoms with Crippen molar-refractivity contribution >= 4 is 27.8 Å². The normalized spacial score (nSPS) is 11.2. The summed E-state index contributed by atoms with van der Waals surface area (Å²) >= 11 is 0. The summed E-state index contributed by atoms with van der Waals surface area (Å²) in [5.74, 6) is 0.0835. The Labute approximate surface area is 152 Å². The minimum atomic E-state index is 0.0835. The van der Waals surface area contributed by atoms with Crippen LogP contribution >= 0.6 is 0 Å². The Morgan fingerprint density at radius 2 is 1.73 bits per heavy atom. The average molecular weight is 346 g/mol. The predicted molar refractivity (Wildman–Crippen MR) is 104 cm³/mol. The van der Waals surface area contributed by atoms with Gasteiger partial charge in [-0.1, -0.05) is 30.3 Å². The van der Waals surface area contributed by atoms with Crippen LogP contribution in [0.25, 0.3) is 21.9 Å². The molecule has 2 heterocycles. The van der Waals surface area contributed by atoms with Crippen LogP contribution in [0.3, 0.4) is 0 Å². The number of aromatic nitrogens is 3. The van der Waals surface area contributed by atoms with Crippen molar-refractivity contribution in [2.24, 2.45) is 0 Å². The number of hydrogen-bond donors (Lipinski definition) is 1. The van der Waals surface area contributed by atoms with Gasteiger partial charge in [0.15, 0.2) is 0 Å². The first kappa shape index (κ1) is 16.4. The van der Waals surface area contributed by atoms with E-state index in [-0.39, 0.29) is 5.91 Å². The highest BCUT2D eigenvalue weighted by Gasteiger charge is 2.05. The molecule has 5 nitrogen and oxygen atoms in total. The molecule has 0 unspecified atom stereocenters. The number of benzene rings is 2. The molecule has 0 spiro atoms.